The number of halogens is 1. The molecular weight excluding hydrogens is 403 g/mol. The van der Waals surface area contributed by atoms with Crippen LogP contribution in [0.2, 0.25) is 0 Å². The van der Waals surface area contributed by atoms with Crippen LogP contribution in [0.4, 0.5) is 0 Å². The van der Waals surface area contributed by atoms with Crippen LogP contribution in [0, 0.1) is 5.92 Å². The second-order valence-corrected chi connectivity index (χ2v) is 5.95. The van der Waals surface area contributed by atoms with Crippen LogP contribution in [0.3, 0.4) is 0 Å². The van der Waals surface area contributed by atoms with Crippen LogP contribution in [0.5, 0.6) is 0 Å². The number of benzene rings is 1. The Bertz CT molecular complexity index is 521. The first-order valence-corrected chi connectivity index (χ1v) is 7.85. The van der Waals surface area contributed by atoms with Crippen LogP contribution in [0.1, 0.15) is 25.3 Å². The molecule has 0 saturated heterocycles. The van der Waals surface area contributed by atoms with Crippen molar-refractivity contribution in [3.05, 3.63) is 35.9 Å². The molecule has 0 aromatic heterocycles. The van der Waals surface area contributed by atoms with Crippen LogP contribution in [-0.2, 0) is 11.3 Å². The van der Waals surface area contributed by atoms with Gasteiger partial charge in [-0.15, -0.1) is 24.0 Å². The van der Waals surface area contributed by atoms with Gasteiger partial charge < -0.3 is 15.5 Å². The van der Waals surface area contributed by atoms with Crippen molar-refractivity contribution in [2.75, 3.05) is 20.6 Å². The van der Waals surface area contributed by atoms with Gasteiger partial charge in [0, 0.05) is 39.6 Å². The molecule has 2 N–H and O–H groups in total. The van der Waals surface area contributed by atoms with E-state index in [4.69, 9.17) is 0 Å². The Morgan fingerprint density at radius 2 is 2.00 bits per heavy atom. The maximum atomic E-state index is 12.1. The van der Waals surface area contributed by atoms with Gasteiger partial charge in [-0.2, -0.15) is 0 Å². The number of hydrogen-bond donors (Lipinski definition) is 2. The summed E-state index contributed by atoms with van der Waals surface area (Å²) in [7, 11) is 3.60. The van der Waals surface area contributed by atoms with Crippen molar-refractivity contribution < 1.29 is 4.79 Å². The lowest BCUT2D eigenvalue weighted by Crippen LogP contribution is -2.40. The van der Waals surface area contributed by atoms with Crippen molar-refractivity contribution in [3.8, 4) is 0 Å². The van der Waals surface area contributed by atoms with Gasteiger partial charge in [0.15, 0.2) is 5.96 Å². The van der Waals surface area contributed by atoms with Crippen LogP contribution in [0.25, 0.3) is 0 Å². The molecule has 1 aliphatic carbocycles. The summed E-state index contributed by atoms with van der Waals surface area (Å²) < 4.78 is 0. The van der Waals surface area contributed by atoms with Gasteiger partial charge in [-0.25, -0.2) is 0 Å². The number of carbonyl (C=O) groups excluding carboxylic acids is 1. The average molecular weight is 430 g/mol. The van der Waals surface area contributed by atoms with E-state index in [9.17, 15) is 4.79 Å². The summed E-state index contributed by atoms with van der Waals surface area (Å²) in [6.07, 6.45) is 1.66. The number of rotatable bonds is 6. The molecule has 6 heteroatoms. The molecule has 1 aromatic carbocycles. The number of nitrogens with zero attached hydrogens (tertiary/aromatic N) is 2. The Balaban J connectivity index is 0.00000264. The highest BCUT2D eigenvalue weighted by Crippen LogP contribution is 2.28. The Kier molecular flexibility index (Phi) is 8.36. The molecule has 0 aliphatic heterocycles. The van der Waals surface area contributed by atoms with Crippen molar-refractivity contribution in [2.24, 2.45) is 10.9 Å². The lowest BCUT2D eigenvalue weighted by atomic mass is 10.2. The third-order valence-electron chi connectivity index (χ3n) is 3.97. The van der Waals surface area contributed by atoms with E-state index in [2.05, 4.69) is 22.5 Å². The van der Waals surface area contributed by atoms with Crippen LogP contribution < -0.4 is 10.6 Å². The van der Waals surface area contributed by atoms with Crippen molar-refractivity contribution in [1.82, 2.24) is 15.5 Å². The van der Waals surface area contributed by atoms with E-state index in [1.165, 1.54) is 6.42 Å². The summed E-state index contributed by atoms with van der Waals surface area (Å²) in [5.41, 5.74) is 1.14. The van der Waals surface area contributed by atoms with Gasteiger partial charge >= 0.3 is 0 Å². The Labute approximate surface area is 156 Å². The normalized spacial score (nSPS) is 19.5. The fourth-order valence-corrected chi connectivity index (χ4v) is 2.32. The summed E-state index contributed by atoms with van der Waals surface area (Å²) in [6.45, 7) is 3.46. The highest BCUT2D eigenvalue weighted by atomic mass is 127. The molecule has 5 nitrogen and oxygen atoms in total. The maximum absolute atomic E-state index is 12.1. The van der Waals surface area contributed by atoms with Gasteiger partial charge in [0.25, 0.3) is 0 Å². The highest BCUT2D eigenvalue weighted by molar-refractivity contribution is 14.0. The van der Waals surface area contributed by atoms with Crippen LogP contribution in [-0.4, -0.2) is 43.4 Å². The number of nitrogens with one attached hydrogen (secondary N) is 2. The molecule has 0 radical (unpaired) electrons. The molecule has 0 bridgehead atoms. The molecule has 23 heavy (non-hydrogen) atoms. The highest BCUT2D eigenvalue weighted by Gasteiger charge is 2.33. The average Bonchev–Trinajstić information content (AvgIpc) is 3.22. The molecule has 0 heterocycles. The largest absolute Gasteiger partial charge is 0.356 e. The zero-order valence-corrected chi connectivity index (χ0v) is 16.4. The Hall–Kier alpha value is -1.31. The van der Waals surface area contributed by atoms with Gasteiger partial charge in [-0.1, -0.05) is 37.3 Å². The van der Waals surface area contributed by atoms with Gasteiger partial charge in [-0.3, -0.25) is 9.79 Å². The fraction of sp³-hybridized carbons (Fsp3) is 0.529. The van der Waals surface area contributed by atoms with E-state index in [0.29, 0.717) is 25.6 Å². The number of guanidine groups is 1. The quantitative estimate of drug-likeness (QED) is 0.414. The minimum atomic E-state index is 0. The van der Waals surface area contributed by atoms with Gasteiger partial charge in [-0.05, 0) is 17.9 Å². The molecule has 2 atom stereocenters. The summed E-state index contributed by atoms with van der Waals surface area (Å²) in [5, 5.41) is 6.55. The third kappa shape index (κ3) is 6.76. The number of hydrogen-bond acceptors (Lipinski definition) is 2. The number of amides is 1. The van der Waals surface area contributed by atoms with Crippen molar-refractivity contribution in [1.29, 1.82) is 0 Å². The van der Waals surface area contributed by atoms with Gasteiger partial charge in [0.2, 0.25) is 5.91 Å². The lowest BCUT2D eigenvalue weighted by molar-refractivity contribution is -0.130. The van der Waals surface area contributed by atoms with Gasteiger partial charge in [0.05, 0.1) is 0 Å². The molecule has 1 aromatic rings. The van der Waals surface area contributed by atoms with Gasteiger partial charge in [0.1, 0.15) is 0 Å². The zero-order valence-electron chi connectivity index (χ0n) is 14.1. The van der Waals surface area contributed by atoms with E-state index in [1.807, 2.05) is 37.4 Å². The van der Waals surface area contributed by atoms with E-state index >= 15 is 0 Å². The first-order chi connectivity index (χ1) is 10.6. The van der Waals surface area contributed by atoms with Crippen molar-refractivity contribution in [3.63, 3.8) is 0 Å². The fourth-order valence-electron chi connectivity index (χ4n) is 2.32. The standard InChI is InChI=1S/C17H26N4O.HI/c1-13-11-15(13)20-17(18-2)19-10-9-16(22)21(3)12-14-7-5-4-6-8-14;/h4-8,13,15H,9-12H2,1-3H3,(H2,18,19,20);1H. The minimum absolute atomic E-state index is 0. The predicted octanol–water partition coefficient (Wildman–Crippen LogP) is 2.23. The van der Waals surface area contributed by atoms with Crippen molar-refractivity contribution in [2.45, 2.75) is 32.4 Å². The molecule has 1 fully saturated rings. The molecule has 1 saturated carbocycles. The van der Waals surface area contributed by atoms with Crippen LogP contribution in [0.15, 0.2) is 35.3 Å². The molecule has 1 amide bonds. The molecule has 2 rings (SSSR count). The van der Waals surface area contributed by atoms with E-state index in [1.54, 1.807) is 11.9 Å². The predicted molar refractivity (Wildman–Crippen MR) is 105 cm³/mol. The smallest absolute Gasteiger partial charge is 0.224 e. The van der Waals surface area contributed by atoms with Crippen LogP contribution >= 0.6 is 24.0 Å². The second-order valence-electron chi connectivity index (χ2n) is 5.95. The monoisotopic (exact) mass is 430 g/mol. The second kappa shape index (κ2) is 9.75. The topological polar surface area (TPSA) is 56.7 Å². The first kappa shape index (κ1) is 19.7. The molecule has 1 aliphatic rings. The molecule has 128 valence electrons. The number of aliphatic imine (C=N–C) groups is 1. The lowest BCUT2D eigenvalue weighted by Gasteiger charge is -2.18. The Morgan fingerprint density at radius 3 is 2.57 bits per heavy atom. The summed E-state index contributed by atoms with van der Waals surface area (Å²) in [6, 6.07) is 10.6. The molecular formula is C17H27IN4O. The third-order valence-corrected chi connectivity index (χ3v) is 3.97. The number of carbonyl (C=O) groups is 1. The van der Waals surface area contributed by atoms with E-state index in [0.717, 1.165) is 17.4 Å². The van der Waals surface area contributed by atoms with E-state index < -0.39 is 0 Å². The maximum Gasteiger partial charge on any atom is 0.224 e. The summed E-state index contributed by atoms with van der Waals surface area (Å²) >= 11 is 0. The van der Waals surface area contributed by atoms with E-state index in [-0.39, 0.29) is 29.9 Å². The minimum Gasteiger partial charge on any atom is -0.356 e. The SMILES string of the molecule is CN=C(NCCC(=O)N(C)Cc1ccccc1)NC1CC1C.I. The molecule has 2 unspecified atom stereocenters. The first-order valence-electron chi connectivity index (χ1n) is 7.85. The Morgan fingerprint density at radius 1 is 1.35 bits per heavy atom. The zero-order chi connectivity index (χ0) is 15.9. The molecule has 0 spiro atoms. The summed E-state index contributed by atoms with van der Waals surface area (Å²) in [4.78, 5) is 18.1. The van der Waals surface area contributed by atoms with Crippen molar-refractivity contribution >= 4 is 35.8 Å². The summed E-state index contributed by atoms with van der Waals surface area (Å²) in [5.74, 6) is 1.64.